The van der Waals surface area contributed by atoms with Crippen LogP contribution in [-0.2, 0) is 4.79 Å². The van der Waals surface area contributed by atoms with E-state index < -0.39 is 18.6 Å². The number of carbonyl (C=O) groups is 1. The van der Waals surface area contributed by atoms with Crippen molar-refractivity contribution in [1.82, 2.24) is 15.1 Å². The molecule has 0 aliphatic heterocycles. The molecule has 1 aromatic rings. The number of rotatable bonds is 7. The molecule has 0 bridgehead atoms. The van der Waals surface area contributed by atoms with Crippen LogP contribution in [0.1, 0.15) is 0 Å². The summed E-state index contributed by atoms with van der Waals surface area (Å²) in [5.41, 5.74) is 0. The van der Waals surface area contributed by atoms with Gasteiger partial charge in [-0.25, -0.2) is 0 Å². The van der Waals surface area contributed by atoms with E-state index in [0.717, 1.165) is 7.05 Å². The Balaban J connectivity index is 2.41. The van der Waals surface area contributed by atoms with Crippen molar-refractivity contribution in [2.45, 2.75) is 6.18 Å². The number of nitrogens with zero attached hydrogens (tertiary/aromatic N) is 3. The number of halogens is 4. The van der Waals surface area contributed by atoms with Crippen molar-refractivity contribution < 1.29 is 22.7 Å². The van der Waals surface area contributed by atoms with Crippen molar-refractivity contribution >= 4 is 23.5 Å². The van der Waals surface area contributed by atoms with Crippen LogP contribution in [0.2, 0.25) is 5.02 Å². The molecule has 1 amide bonds. The Labute approximate surface area is 155 Å². The van der Waals surface area contributed by atoms with Crippen LogP contribution in [-0.4, -0.2) is 75.2 Å². The minimum atomic E-state index is -4.43. The van der Waals surface area contributed by atoms with Gasteiger partial charge in [-0.15, -0.1) is 0 Å². The molecule has 1 rings (SSSR count). The number of likely N-dealkylation sites (N-methyl/N-ethyl adjacent to an activating group) is 2. The molecule has 1 aromatic carbocycles. The highest BCUT2D eigenvalue weighted by Gasteiger charge is 2.31. The molecule has 10 heteroatoms. The number of aliphatic imine (C=N–C) groups is 1. The van der Waals surface area contributed by atoms with Crippen molar-refractivity contribution in [1.29, 1.82) is 0 Å². The highest BCUT2D eigenvalue weighted by Crippen LogP contribution is 2.17. The summed E-state index contributed by atoms with van der Waals surface area (Å²) in [5.74, 6) is 0.304. The van der Waals surface area contributed by atoms with Gasteiger partial charge in [0.05, 0.1) is 13.1 Å². The average molecular weight is 395 g/mol. The molecule has 0 heterocycles. The van der Waals surface area contributed by atoms with Gasteiger partial charge in [0.15, 0.2) is 5.96 Å². The van der Waals surface area contributed by atoms with E-state index in [1.165, 1.54) is 7.05 Å². The largest absolute Gasteiger partial charge is 0.492 e. The van der Waals surface area contributed by atoms with Gasteiger partial charge in [0.2, 0.25) is 5.91 Å². The highest BCUT2D eigenvalue weighted by molar-refractivity contribution is 6.30. The van der Waals surface area contributed by atoms with Gasteiger partial charge in [0.1, 0.15) is 18.9 Å². The first-order chi connectivity index (χ1) is 12.1. The van der Waals surface area contributed by atoms with Crippen LogP contribution < -0.4 is 10.1 Å². The minimum absolute atomic E-state index is 0.293. The lowest BCUT2D eigenvalue weighted by molar-refractivity contribution is -0.157. The van der Waals surface area contributed by atoms with Crippen molar-refractivity contribution in [3.63, 3.8) is 0 Å². The Morgan fingerprint density at radius 2 is 2.00 bits per heavy atom. The second-order valence-corrected chi connectivity index (χ2v) is 5.93. The zero-order valence-corrected chi connectivity index (χ0v) is 15.6. The summed E-state index contributed by atoms with van der Waals surface area (Å²) in [6, 6.07) is 6.96. The van der Waals surface area contributed by atoms with E-state index in [2.05, 4.69) is 10.3 Å². The molecule has 0 aromatic heterocycles. The summed E-state index contributed by atoms with van der Waals surface area (Å²) >= 11 is 5.87. The molecule has 0 spiro atoms. The van der Waals surface area contributed by atoms with Crippen LogP contribution in [0, 0.1) is 0 Å². The Morgan fingerprint density at radius 3 is 2.58 bits per heavy atom. The fourth-order valence-electron chi connectivity index (χ4n) is 1.99. The van der Waals surface area contributed by atoms with E-state index >= 15 is 0 Å². The number of ether oxygens (including phenoxy) is 1. The van der Waals surface area contributed by atoms with Gasteiger partial charge in [-0.3, -0.25) is 9.79 Å². The maximum absolute atomic E-state index is 12.3. The third-order valence-corrected chi connectivity index (χ3v) is 3.54. The van der Waals surface area contributed by atoms with Crippen molar-refractivity contribution in [3.05, 3.63) is 29.3 Å². The van der Waals surface area contributed by atoms with Crippen LogP contribution >= 0.6 is 11.6 Å². The fourth-order valence-corrected chi connectivity index (χ4v) is 2.17. The third-order valence-electron chi connectivity index (χ3n) is 3.30. The van der Waals surface area contributed by atoms with Gasteiger partial charge in [0, 0.05) is 26.2 Å². The van der Waals surface area contributed by atoms with Gasteiger partial charge >= 0.3 is 6.18 Å². The molecule has 0 radical (unpaired) electrons. The Bertz CT molecular complexity index is 626. The zero-order valence-electron chi connectivity index (χ0n) is 14.8. The summed E-state index contributed by atoms with van der Waals surface area (Å²) in [4.78, 5) is 18.1. The van der Waals surface area contributed by atoms with E-state index in [1.807, 2.05) is 0 Å². The van der Waals surface area contributed by atoms with Gasteiger partial charge < -0.3 is 19.9 Å². The first-order valence-electron chi connectivity index (χ1n) is 7.73. The number of alkyl halides is 3. The molecule has 0 saturated heterocycles. The second kappa shape index (κ2) is 10.1. The van der Waals surface area contributed by atoms with E-state index in [1.54, 1.807) is 36.2 Å². The monoisotopic (exact) mass is 394 g/mol. The summed E-state index contributed by atoms with van der Waals surface area (Å²) < 4.78 is 42.4. The summed E-state index contributed by atoms with van der Waals surface area (Å²) in [6.07, 6.45) is -4.43. The Kier molecular flexibility index (Phi) is 8.50. The normalized spacial score (nSPS) is 11.9. The first-order valence-corrected chi connectivity index (χ1v) is 8.11. The molecule has 146 valence electrons. The molecular formula is C16H22ClF3N4O2. The van der Waals surface area contributed by atoms with E-state index in [0.29, 0.717) is 34.8 Å². The maximum Gasteiger partial charge on any atom is 0.406 e. The molecule has 0 saturated carbocycles. The van der Waals surface area contributed by atoms with Crippen molar-refractivity contribution in [2.24, 2.45) is 4.99 Å². The number of nitrogens with one attached hydrogen (secondary N) is 1. The highest BCUT2D eigenvalue weighted by atomic mass is 35.5. The average Bonchev–Trinajstić information content (AvgIpc) is 2.53. The molecule has 1 N–H and O–H groups in total. The predicted octanol–water partition coefficient (Wildman–Crippen LogP) is 2.25. The fraction of sp³-hybridized carbons (Fsp3) is 0.500. The number of guanidine groups is 1. The number of hydrogen-bond donors (Lipinski definition) is 1. The standard InChI is InChI=1S/C16H22ClF3N4O2/c1-21-15(22-10-14(25)24(3)11-16(18,19)20)23(2)7-8-26-13-6-4-5-12(17)9-13/h4-6,9H,7-8,10-11H2,1-3H3,(H,21,22). The van der Waals surface area contributed by atoms with Crippen molar-refractivity contribution in [2.75, 3.05) is 47.4 Å². The van der Waals surface area contributed by atoms with Gasteiger partial charge in [0.25, 0.3) is 0 Å². The lowest BCUT2D eigenvalue weighted by Crippen LogP contribution is -2.46. The molecule has 0 fully saturated rings. The van der Waals surface area contributed by atoms with E-state index in [-0.39, 0.29) is 6.54 Å². The minimum Gasteiger partial charge on any atom is -0.492 e. The van der Waals surface area contributed by atoms with Gasteiger partial charge in [-0.05, 0) is 18.2 Å². The predicted molar refractivity (Wildman–Crippen MR) is 94.6 cm³/mol. The third kappa shape index (κ3) is 8.28. The van der Waals surface area contributed by atoms with Crippen LogP contribution in [0.4, 0.5) is 13.2 Å². The zero-order chi connectivity index (χ0) is 19.7. The van der Waals surface area contributed by atoms with Crippen LogP contribution in [0.3, 0.4) is 0 Å². The van der Waals surface area contributed by atoms with Crippen molar-refractivity contribution in [3.8, 4) is 5.75 Å². The smallest absolute Gasteiger partial charge is 0.406 e. The maximum atomic E-state index is 12.3. The van der Waals surface area contributed by atoms with Crippen LogP contribution in [0.15, 0.2) is 29.3 Å². The SMILES string of the molecule is CN=C(NCC(=O)N(C)CC(F)(F)F)N(C)CCOc1cccc(Cl)c1. The molecule has 0 aliphatic carbocycles. The number of benzene rings is 1. The number of hydrogen-bond acceptors (Lipinski definition) is 3. The lowest BCUT2D eigenvalue weighted by Gasteiger charge is -2.24. The summed E-state index contributed by atoms with van der Waals surface area (Å²) in [5, 5.41) is 3.30. The van der Waals surface area contributed by atoms with Crippen LogP contribution in [0.25, 0.3) is 0 Å². The quantitative estimate of drug-likeness (QED) is 0.569. The molecule has 0 unspecified atom stereocenters. The topological polar surface area (TPSA) is 57.2 Å². The Morgan fingerprint density at radius 1 is 1.31 bits per heavy atom. The molecule has 0 atom stereocenters. The number of amides is 1. The lowest BCUT2D eigenvalue weighted by atomic mass is 10.3. The van der Waals surface area contributed by atoms with Gasteiger partial charge in [-0.2, -0.15) is 13.2 Å². The number of carbonyl (C=O) groups excluding carboxylic acids is 1. The van der Waals surface area contributed by atoms with E-state index in [9.17, 15) is 18.0 Å². The Hall–Kier alpha value is -2.16. The molecule has 6 nitrogen and oxygen atoms in total. The second-order valence-electron chi connectivity index (χ2n) is 5.49. The molecular weight excluding hydrogens is 373 g/mol. The van der Waals surface area contributed by atoms with Crippen LogP contribution in [0.5, 0.6) is 5.75 Å². The summed E-state index contributed by atoms with van der Waals surface area (Å²) in [6.45, 7) is -0.813. The summed E-state index contributed by atoms with van der Waals surface area (Å²) in [7, 11) is 4.34. The molecule has 26 heavy (non-hydrogen) atoms. The van der Waals surface area contributed by atoms with E-state index in [4.69, 9.17) is 16.3 Å². The first kappa shape index (κ1) is 21.9. The van der Waals surface area contributed by atoms with Gasteiger partial charge in [-0.1, -0.05) is 17.7 Å². The molecule has 0 aliphatic rings.